The third kappa shape index (κ3) is 1.97. The minimum absolute atomic E-state index is 0.0150. The fraction of sp³-hybridized carbons (Fsp3) is 0.778. The first-order valence-electron chi connectivity index (χ1n) is 5.53. The summed E-state index contributed by atoms with van der Waals surface area (Å²) in [6.07, 6.45) is 1.68. The lowest BCUT2D eigenvalue weighted by atomic mass is 10.1. The predicted octanol–water partition coefficient (Wildman–Crippen LogP) is 0.775. The fourth-order valence-corrected chi connectivity index (χ4v) is 3.90. The number of amides is 3. The van der Waals surface area contributed by atoms with E-state index in [4.69, 9.17) is 0 Å². The van der Waals surface area contributed by atoms with E-state index in [0.29, 0.717) is 15.0 Å². The van der Waals surface area contributed by atoms with Gasteiger partial charge in [0.25, 0.3) is 0 Å². The number of hydrogen-bond acceptors (Lipinski definition) is 3. The lowest BCUT2D eigenvalue weighted by molar-refractivity contribution is -0.133. The van der Waals surface area contributed by atoms with Gasteiger partial charge in [-0.2, -0.15) is 0 Å². The molecule has 0 aromatic heterocycles. The van der Waals surface area contributed by atoms with Crippen LogP contribution < -0.4 is 5.32 Å². The highest BCUT2D eigenvalue weighted by Gasteiger charge is 2.46. The van der Waals surface area contributed by atoms with Crippen LogP contribution in [0.1, 0.15) is 19.8 Å². The molecule has 16 heavy (non-hydrogen) atoms. The summed E-state index contributed by atoms with van der Waals surface area (Å²) in [5.41, 5.74) is 0. The molecule has 0 radical (unpaired) electrons. The van der Waals surface area contributed by atoms with Crippen LogP contribution in [0.25, 0.3) is 0 Å². The Morgan fingerprint density at radius 3 is 2.94 bits per heavy atom. The summed E-state index contributed by atoms with van der Waals surface area (Å²) >= 11 is 0. The van der Waals surface area contributed by atoms with E-state index in [1.807, 2.05) is 6.92 Å². The molecule has 4 atom stereocenters. The maximum Gasteiger partial charge on any atom is 0.324 e. The Morgan fingerprint density at radius 1 is 1.56 bits per heavy atom. The maximum absolute atomic E-state index is 12.2. The molecule has 2 aliphatic heterocycles. The first-order chi connectivity index (χ1) is 7.69. The van der Waals surface area contributed by atoms with Crippen molar-refractivity contribution in [2.24, 2.45) is 0 Å². The smallest absolute Gasteiger partial charge is 0.324 e. The van der Waals surface area contributed by atoms with Crippen molar-refractivity contribution in [1.29, 1.82) is 0 Å². The van der Waals surface area contributed by atoms with Gasteiger partial charge >= 0.3 is 6.03 Å². The SMILES string of the molecule is CCCN1C(=O)NC2CCN(PP)C2C1=O. The Labute approximate surface area is 99.2 Å². The zero-order valence-corrected chi connectivity index (χ0v) is 11.4. The molecule has 0 aromatic rings. The summed E-state index contributed by atoms with van der Waals surface area (Å²) < 4.78 is 2.14. The standard InChI is InChI=1S/C9H17N3O2P2/c1-2-4-11-8(13)7-6(10-9(11)14)3-5-12(7)16-15/h6-7,16H,2-5,15H2,1H3,(H,10,14). The molecule has 2 saturated heterocycles. The van der Waals surface area contributed by atoms with E-state index >= 15 is 0 Å². The predicted molar refractivity (Wildman–Crippen MR) is 67.5 cm³/mol. The third-order valence-corrected chi connectivity index (χ3v) is 4.91. The van der Waals surface area contributed by atoms with Gasteiger partial charge in [-0.3, -0.25) is 14.4 Å². The molecule has 2 aliphatic rings. The van der Waals surface area contributed by atoms with Gasteiger partial charge in [-0.05, 0) is 21.3 Å². The molecule has 0 spiro atoms. The summed E-state index contributed by atoms with van der Waals surface area (Å²) in [6, 6.07) is -0.344. The second-order valence-corrected chi connectivity index (χ2v) is 5.71. The zero-order valence-electron chi connectivity index (χ0n) is 9.27. The van der Waals surface area contributed by atoms with Crippen LogP contribution in [0, 0.1) is 0 Å². The van der Waals surface area contributed by atoms with Crippen LogP contribution in [0.5, 0.6) is 0 Å². The fourth-order valence-electron chi connectivity index (χ4n) is 2.33. The van der Waals surface area contributed by atoms with Gasteiger partial charge in [-0.1, -0.05) is 15.9 Å². The second kappa shape index (κ2) is 4.95. The van der Waals surface area contributed by atoms with Gasteiger partial charge in [0.15, 0.2) is 0 Å². The van der Waals surface area contributed by atoms with Crippen molar-refractivity contribution in [3.8, 4) is 0 Å². The molecule has 0 bridgehead atoms. The van der Waals surface area contributed by atoms with E-state index < -0.39 is 0 Å². The van der Waals surface area contributed by atoms with Crippen molar-refractivity contribution in [1.82, 2.24) is 14.9 Å². The Bertz CT molecular complexity index is 313. The number of rotatable bonds is 3. The molecule has 4 unspecified atom stereocenters. The highest BCUT2D eigenvalue weighted by atomic mass is 32.0. The molecule has 2 fully saturated rings. The summed E-state index contributed by atoms with van der Waals surface area (Å²) in [4.78, 5) is 25.3. The van der Waals surface area contributed by atoms with E-state index in [-0.39, 0.29) is 24.0 Å². The number of imide groups is 1. The molecule has 1 N–H and O–H groups in total. The summed E-state index contributed by atoms with van der Waals surface area (Å²) in [6.45, 7) is 3.38. The van der Waals surface area contributed by atoms with E-state index in [1.165, 1.54) is 4.90 Å². The Morgan fingerprint density at radius 2 is 2.31 bits per heavy atom. The van der Waals surface area contributed by atoms with Crippen LogP contribution in [0.15, 0.2) is 0 Å². The van der Waals surface area contributed by atoms with Gasteiger partial charge in [0.1, 0.15) is 6.04 Å². The van der Waals surface area contributed by atoms with Crippen molar-refractivity contribution in [2.45, 2.75) is 31.8 Å². The van der Waals surface area contributed by atoms with Crippen molar-refractivity contribution in [3.63, 3.8) is 0 Å². The number of urea groups is 1. The number of nitrogens with zero attached hydrogens (tertiary/aromatic N) is 2. The third-order valence-electron chi connectivity index (χ3n) is 3.08. The maximum atomic E-state index is 12.2. The summed E-state index contributed by atoms with van der Waals surface area (Å²) in [7, 11) is 3.21. The van der Waals surface area contributed by atoms with Crippen LogP contribution >= 0.6 is 17.3 Å². The minimum Gasteiger partial charge on any atom is -0.333 e. The number of nitrogens with one attached hydrogen (secondary N) is 1. The quantitative estimate of drug-likeness (QED) is 0.764. The topological polar surface area (TPSA) is 52.7 Å². The molecule has 0 aromatic carbocycles. The van der Waals surface area contributed by atoms with Gasteiger partial charge in [-0.15, -0.1) is 0 Å². The summed E-state index contributed by atoms with van der Waals surface area (Å²) in [5, 5.41) is 2.93. The first kappa shape index (κ1) is 12.2. The van der Waals surface area contributed by atoms with Crippen LogP contribution in [0.3, 0.4) is 0 Å². The molecule has 7 heteroatoms. The van der Waals surface area contributed by atoms with Gasteiger partial charge in [-0.25, -0.2) is 4.79 Å². The van der Waals surface area contributed by atoms with Crippen LogP contribution in [0.4, 0.5) is 4.79 Å². The van der Waals surface area contributed by atoms with E-state index in [1.54, 1.807) is 0 Å². The number of hydrogen-bond donors (Lipinski definition) is 1. The van der Waals surface area contributed by atoms with E-state index in [0.717, 1.165) is 19.4 Å². The molecule has 2 rings (SSSR count). The zero-order chi connectivity index (χ0) is 11.7. The monoisotopic (exact) mass is 261 g/mol. The molecule has 2 heterocycles. The highest BCUT2D eigenvalue weighted by molar-refractivity contribution is 8.01. The first-order valence-corrected chi connectivity index (χ1v) is 8.29. The Hall–Kier alpha value is -0.240. The molecule has 5 nitrogen and oxygen atoms in total. The molecule has 3 amide bonds. The number of carbonyl (C=O) groups is 2. The Kier molecular flexibility index (Phi) is 3.78. The highest BCUT2D eigenvalue weighted by Crippen LogP contribution is 2.37. The molecular formula is C9H17N3O2P2. The lowest BCUT2D eigenvalue weighted by Gasteiger charge is -2.36. The second-order valence-electron chi connectivity index (χ2n) is 4.10. The average molecular weight is 261 g/mol. The van der Waals surface area contributed by atoms with Crippen LogP contribution in [0.2, 0.25) is 0 Å². The number of fused-ring (bicyclic) bond motifs is 1. The van der Waals surface area contributed by atoms with Crippen molar-refractivity contribution < 1.29 is 9.59 Å². The summed E-state index contributed by atoms with van der Waals surface area (Å²) in [5.74, 6) is -0.0250. The largest absolute Gasteiger partial charge is 0.333 e. The molecule has 0 saturated carbocycles. The minimum atomic E-state index is -0.220. The van der Waals surface area contributed by atoms with Gasteiger partial charge < -0.3 is 5.32 Å². The van der Waals surface area contributed by atoms with Crippen molar-refractivity contribution in [2.75, 3.05) is 13.1 Å². The average Bonchev–Trinajstić information content (AvgIpc) is 2.67. The van der Waals surface area contributed by atoms with Gasteiger partial charge in [0.05, 0.1) is 6.04 Å². The normalized spacial score (nSPS) is 31.2. The van der Waals surface area contributed by atoms with E-state index in [2.05, 4.69) is 18.9 Å². The van der Waals surface area contributed by atoms with Crippen molar-refractivity contribution >= 4 is 29.3 Å². The van der Waals surface area contributed by atoms with Gasteiger partial charge in [0, 0.05) is 13.1 Å². The lowest BCUT2D eigenvalue weighted by Crippen LogP contribution is -2.63. The van der Waals surface area contributed by atoms with Crippen LogP contribution in [-0.4, -0.2) is 46.7 Å². The Balaban J connectivity index is 2.17. The van der Waals surface area contributed by atoms with Crippen molar-refractivity contribution in [3.05, 3.63) is 0 Å². The van der Waals surface area contributed by atoms with Crippen LogP contribution in [-0.2, 0) is 4.79 Å². The molecule has 0 aliphatic carbocycles. The van der Waals surface area contributed by atoms with E-state index in [9.17, 15) is 9.59 Å². The molecule has 90 valence electrons. The van der Waals surface area contributed by atoms with Gasteiger partial charge in [0.2, 0.25) is 5.91 Å². The molecular weight excluding hydrogens is 244 g/mol. The number of carbonyl (C=O) groups excluding carboxylic acids is 2.